The number of piperidine rings is 1. The van der Waals surface area contributed by atoms with Crippen molar-refractivity contribution >= 4 is 32.7 Å². The number of carboxylic acids is 1. The fourth-order valence-corrected chi connectivity index (χ4v) is 3.96. The van der Waals surface area contributed by atoms with Gasteiger partial charge in [-0.25, -0.2) is 9.78 Å². The number of alkyl halides is 3. The van der Waals surface area contributed by atoms with Crippen molar-refractivity contribution < 1.29 is 23.1 Å². The number of nitrogens with zero attached hydrogens (tertiary/aromatic N) is 1. The number of fused-ring (bicyclic) bond motifs is 2. The average Bonchev–Trinajstić information content (AvgIpc) is 3.08. The third kappa shape index (κ3) is 4.45. The Hall–Kier alpha value is -2.39. The first kappa shape index (κ1) is 19.9. The number of carboxylic acid groups (broad SMARTS) is 1. The molecule has 0 unspecified atom stereocenters. The van der Waals surface area contributed by atoms with Gasteiger partial charge in [0.2, 0.25) is 0 Å². The monoisotopic (exact) mass is 467 g/mol. The van der Waals surface area contributed by atoms with E-state index in [1.54, 1.807) is 0 Å². The molecule has 1 aliphatic carbocycles. The lowest BCUT2D eigenvalue weighted by atomic mass is 10.1. The van der Waals surface area contributed by atoms with Crippen LogP contribution in [0.4, 0.5) is 13.2 Å². The van der Waals surface area contributed by atoms with E-state index in [4.69, 9.17) is 9.90 Å². The molecular weight excluding hydrogens is 451 g/mol. The Labute approximate surface area is 172 Å². The molecule has 3 N–H and O–H groups in total. The molecule has 5 nitrogen and oxygen atoms in total. The summed E-state index contributed by atoms with van der Waals surface area (Å²) < 4.78 is 32.8. The molecule has 2 aromatic carbocycles. The number of halogens is 4. The number of nitrogens with one attached hydrogen (secondary N) is 2. The van der Waals surface area contributed by atoms with Gasteiger partial charge in [-0.1, -0.05) is 34.1 Å². The van der Waals surface area contributed by atoms with Crippen LogP contribution >= 0.6 is 15.9 Å². The summed E-state index contributed by atoms with van der Waals surface area (Å²) in [5.74, 6) is -0.789. The summed E-state index contributed by atoms with van der Waals surface area (Å²) in [6.07, 6.45) is -0.547. The number of carbonyl (C=O) groups is 1. The average molecular weight is 468 g/mol. The van der Waals surface area contributed by atoms with E-state index in [2.05, 4.69) is 67.6 Å². The van der Waals surface area contributed by atoms with Gasteiger partial charge in [0.25, 0.3) is 0 Å². The van der Waals surface area contributed by atoms with Gasteiger partial charge in [0.1, 0.15) is 5.82 Å². The topological polar surface area (TPSA) is 78.0 Å². The van der Waals surface area contributed by atoms with Crippen LogP contribution in [0.2, 0.25) is 0 Å². The predicted octanol–water partition coefficient (Wildman–Crippen LogP) is 5.05. The Kier molecular flexibility index (Phi) is 5.12. The standard InChI is InChI=1S/C18H16BrN3.C2HF3O2/c19-14-4-3-10-5-12(2-1-11(10)6-14)17-9-20-18(22-17)16-8-13-7-15(13)21-16;3-2(4,5)1(6)7/h1-6,9,13,15-16,21H,7-8H2,(H,20,22);(H,6,7)/t13-,15-,16+;/m1./s1. The van der Waals surface area contributed by atoms with E-state index < -0.39 is 12.1 Å². The quantitative estimate of drug-likeness (QED) is 0.492. The SMILES string of the molecule is Brc1ccc2cc(-c3cnc([C@@H]4C[C@H]5C[C@H]5N4)[nH]3)ccc2c1.O=C(O)C(F)(F)F. The van der Waals surface area contributed by atoms with Crippen LogP contribution < -0.4 is 5.32 Å². The highest BCUT2D eigenvalue weighted by atomic mass is 79.9. The Bertz CT molecular complexity index is 1060. The number of hydrogen-bond donors (Lipinski definition) is 3. The normalized spacial score (nSPS) is 22.7. The van der Waals surface area contributed by atoms with Gasteiger partial charge in [0.05, 0.1) is 17.9 Å². The van der Waals surface area contributed by atoms with Gasteiger partial charge in [-0.05, 0) is 47.7 Å². The van der Waals surface area contributed by atoms with Crippen LogP contribution in [0, 0.1) is 5.92 Å². The fraction of sp³-hybridized carbons (Fsp3) is 0.300. The molecular formula is C20H17BrF3N3O2. The van der Waals surface area contributed by atoms with Crippen LogP contribution in [0.1, 0.15) is 24.7 Å². The molecule has 3 atom stereocenters. The number of aromatic nitrogens is 2. The molecule has 1 aromatic heterocycles. The lowest BCUT2D eigenvalue weighted by Gasteiger charge is -2.09. The van der Waals surface area contributed by atoms with Gasteiger partial charge < -0.3 is 15.4 Å². The summed E-state index contributed by atoms with van der Waals surface area (Å²) in [6, 6.07) is 14.1. The van der Waals surface area contributed by atoms with Gasteiger partial charge in [0, 0.05) is 16.1 Å². The number of aliphatic carboxylic acids is 1. The van der Waals surface area contributed by atoms with Crippen LogP contribution in [0.5, 0.6) is 0 Å². The van der Waals surface area contributed by atoms with E-state index in [9.17, 15) is 13.2 Å². The van der Waals surface area contributed by atoms with Gasteiger partial charge in [-0.15, -0.1) is 0 Å². The summed E-state index contributed by atoms with van der Waals surface area (Å²) in [6.45, 7) is 0. The molecule has 0 radical (unpaired) electrons. The minimum atomic E-state index is -5.08. The summed E-state index contributed by atoms with van der Waals surface area (Å²) in [5, 5.41) is 13.3. The molecule has 1 aliphatic heterocycles. The minimum absolute atomic E-state index is 0.411. The van der Waals surface area contributed by atoms with Crippen molar-refractivity contribution in [2.75, 3.05) is 0 Å². The molecule has 152 valence electrons. The smallest absolute Gasteiger partial charge is 0.475 e. The first-order valence-corrected chi connectivity index (χ1v) is 9.81. The van der Waals surface area contributed by atoms with Crippen LogP contribution in [-0.4, -0.2) is 33.3 Å². The fourth-order valence-electron chi connectivity index (χ4n) is 3.58. The molecule has 0 spiro atoms. The second-order valence-corrected chi connectivity index (χ2v) is 8.16. The maximum absolute atomic E-state index is 10.6. The number of hydrogen-bond acceptors (Lipinski definition) is 3. The number of aromatic amines is 1. The van der Waals surface area contributed by atoms with E-state index in [0.717, 1.165) is 28.0 Å². The van der Waals surface area contributed by atoms with E-state index in [1.165, 1.54) is 29.2 Å². The molecule has 2 heterocycles. The molecule has 0 bridgehead atoms. The zero-order chi connectivity index (χ0) is 20.8. The lowest BCUT2D eigenvalue weighted by Crippen LogP contribution is -2.21. The molecule has 9 heteroatoms. The molecule has 1 saturated carbocycles. The Balaban J connectivity index is 0.000000255. The molecule has 5 rings (SSSR count). The zero-order valence-corrected chi connectivity index (χ0v) is 16.6. The van der Waals surface area contributed by atoms with Crippen molar-refractivity contribution in [3.63, 3.8) is 0 Å². The molecule has 0 amide bonds. The highest BCUT2D eigenvalue weighted by Crippen LogP contribution is 2.45. The minimum Gasteiger partial charge on any atom is -0.475 e. The number of imidazole rings is 1. The molecule has 3 aromatic rings. The Morgan fingerprint density at radius 3 is 2.48 bits per heavy atom. The summed E-state index contributed by atoms with van der Waals surface area (Å²) in [5.41, 5.74) is 2.29. The second-order valence-electron chi connectivity index (χ2n) is 7.25. The molecule has 1 saturated heterocycles. The van der Waals surface area contributed by atoms with E-state index >= 15 is 0 Å². The molecule has 2 aliphatic rings. The van der Waals surface area contributed by atoms with Crippen LogP contribution in [0.3, 0.4) is 0 Å². The maximum atomic E-state index is 10.6. The van der Waals surface area contributed by atoms with Gasteiger partial charge >= 0.3 is 12.1 Å². The van der Waals surface area contributed by atoms with Crippen molar-refractivity contribution in [1.29, 1.82) is 0 Å². The number of benzene rings is 2. The van der Waals surface area contributed by atoms with Crippen LogP contribution in [-0.2, 0) is 4.79 Å². The third-order valence-electron chi connectivity index (χ3n) is 5.16. The van der Waals surface area contributed by atoms with Crippen LogP contribution in [0.15, 0.2) is 47.1 Å². The largest absolute Gasteiger partial charge is 0.490 e. The van der Waals surface area contributed by atoms with Crippen molar-refractivity contribution in [3.05, 3.63) is 52.9 Å². The highest BCUT2D eigenvalue weighted by Gasteiger charge is 2.46. The van der Waals surface area contributed by atoms with E-state index in [1.807, 2.05) is 6.20 Å². The Morgan fingerprint density at radius 2 is 1.83 bits per heavy atom. The second kappa shape index (κ2) is 7.46. The predicted molar refractivity (Wildman–Crippen MR) is 105 cm³/mol. The Morgan fingerprint density at radius 1 is 1.14 bits per heavy atom. The highest BCUT2D eigenvalue weighted by molar-refractivity contribution is 9.10. The third-order valence-corrected chi connectivity index (χ3v) is 5.65. The summed E-state index contributed by atoms with van der Waals surface area (Å²) in [7, 11) is 0. The maximum Gasteiger partial charge on any atom is 0.490 e. The first-order valence-electron chi connectivity index (χ1n) is 9.01. The lowest BCUT2D eigenvalue weighted by molar-refractivity contribution is -0.192. The number of rotatable bonds is 2. The van der Waals surface area contributed by atoms with Crippen molar-refractivity contribution in [1.82, 2.24) is 15.3 Å². The van der Waals surface area contributed by atoms with Gasteiger partial charge in [-0.3, -0.25) is 0 Å². The van der Waals surface area contributed by atoms with Crippen molar-refractivity contribution in [2.45, 2.75) is 31.1 Å². The molecule has 29 heavy (non-hydrogen) atoms. The van der Waals surface area contributed by atoms with Crippen molar-refractivity contribution in [3.8, 4) is 11.3 Å². The molecule has 2 fully saturated rings. The van der Waals surface area contributed by atoms with Crippen molar-refractivity contribution in [2.24, 2.45) is 5.92 Å². The van der Waals surface area contributed by atoms with Crippen LogP contribution in [0.25, 0.3) is 22.0 Å². The zero-order valence-electron chi connectivity index (χ0n) is 15.0. The summed E-state index contributed by atoms with van der Waals surface area (Å²) >= 11 is 3.52. The van der Waals surface area contributed by atoms with E-state index in [-0.39, 0.29) is 0 Å². The van der Waals surface area contributed by atoms with Gasteiger partial charge in [0.15, 0.2) is 0 Å². The van der Waals surface area contributed by atoms with E-state index in [0.29, 0.717) is 6.04 Å². The summed E-state index contributed by atoms with van der Waals surface area (Å²) in [4.78, 5) is 17.0. The van der Waals surface area contributed by atoms with Gasteiger partial charge in [-0.2, -0.15) is 13.2 Å². The number of H-pyrrole nitrogens is 1. The first-order chi connectivity index (χ1) is 13.7.